The molecular formula is C13H24N4. The third-order valence-corrected chi connectivity index (χ3v) is 3.55. The Hall–Kier alpha value is -0.870. The lowest BCUT2D eigenvalue weighted by Crippen LogP contribution is -2.44. The number of piperidine rings is 1. The lowest BCUT2D eigenvalue weighted by Gasteiger charge is -2.31. The Morgan fingerprint density at radius 3 is 3.18 bits per heavy atom. The van der Waals surface area contributed by atoms with E-state index in [0.717, 1.165) is 26.1 Å². The predicted molar refractivity (Wildman–Crippen MR) is 69.9 cm³/mol. The van der Waals surface area contributed by atoms with Gasteiger partial charge >= 0.3 is 0 Å². The molecule has 0 aliphatic carbocycles. The number of aryl methyl sites for hydroxylation is 1. The van der Waals surface area contributed by atoms with Crippen LogP contribution < -0.4 is 5.32 Å². The second-order valence-corrected chi connectivity index (χ2v) is 4.96. The molecule has 2 heterocycles. The van der Waals surface area contributed by atoms with E-state index in [-0.39, 0.29) is 0 Å². The van der Waals surface area contributed by atoms with Crippen LogP contribution >= 0.6 is 0 Å². The molecule has 0 aromatic carbocycles. The number of aromatic nitrogens is 2. The summed E-state index contributed by atoms with van der Waals surface area (Å²) in [6, 6.07) is 2.82. The van der Waals surface area contributed by atoms with E-state index in [1.54, 1.807) is 0 Å². The fourth-order valence-electron chi connectivity index (χ4n) is 2.50. The summed E-state index contributed by atoms with van der Waals surface area (Å²) < 4.78 is 2.13. The van der Waals surface area contributed by atoms with Crippen LogP contribution in [0.15, 0.2) is 12.3 Å². The van der Waals surface area contributed by atoms with Gasteiger partial charge in [0.15, 0.2) is 0 Å². The molecule has 2 rings (SSSR count). The Bertz CT molecular complexity index is 328. The Morgan fingerprint density at radius 2 is 2.47 bits per heavy atom. The van der Waals surface area contributed by atoms with Crippen LogP contribution in [0.3, 0.4) is 0 Å². The van der Waals surface area contributed by atoms with Crippen LogP contribution in [-0.2, 0) is 13.1 Å². The van der Waals surface area contributed by atoms with Crippen molar-refractivity contribution in [2.45, 2.75) is 45.3 Å². The fourth-order valence-corrected chi connectivity index (χ4v) is 2.50. The second-order valence-electron chi connectivity index (χ2n) is 4.96. The van der Waals surface area contributed by atoms with Crippen molar-refractivity contribution in [2.75, 3.05) is 20.1 Å². The first-order chi connectivity index (χ1) is 8.31. The maximum absolute atomic E-state index is 4.38. The molecule has 1 unspecified atom stereocenters. The molecule has 1 saturated heterocycles. The van der Waals surface area contributed by atoms with E-state index >= 15 is 0 Å². The van der Waals surface area contributed by atoms with E-state index in [9.17, 15) is 0 Å². The maximum Gasteiger partial charge on any atom is 0.0524 e. The molecule has 17 heavy (non-hydrogen) atoms. The van der Waals surface area contributed by atoms with Crippen molar-refractivity contribution < 1.29 is 0 Å². The topological polar surface area (TPSA) is 33.1 Å². The molecule has 1 aromatic heterocycles. The Morgan fingerprint density at radius 1 is 1.59 bits per heavy atom. The number of hydrogen-bond donors (Lipinski definition) is 1. The summed E-state index contributed by atoms with van der Waals surface area (Å²) in [5.41, 5.74) is 1.33. The van der Waals surface area contributed by atoms with E-state index in [1.165, 1.54) is 25.1 Å². The fraction of sp³-hybridized carbons (Fsp3) is 0.769. The first-order valence-corrected chi connectivity index (χ1v) is 6.73. The van der Waals surface area contributed by atoms with E-state index in [2.05, 4.69) is 40.0 Å². The average molecular weight is 236 g/mol. The van der Waals surface area contributed by atoms with E-state index < -0.39 is 0 Å². The van der Waals surface area contributed by atoms with Crippen LogP contribution in [-0.4, -0.2) is 40.9 Å². The van der Waals surface area contributed by atoms with Crippen LogP contribution in [0.2, 0.25) is 0 Å². The zero-order valence-electron chi connectivity index (χ0n) is 11.0. The number of rotatable bonds is 5. The molecule has 0 spiro atoms. The summed E-state index contributed by atoms with van der Waals surface area (Å²) in [5, 5.41) is 7.85. The number of nitrogens with one attached hydrogen (secondary N) is 1. The van der Waals surface area contributed by atoms with Crippen molar-refractivity contribution >= 4 is 0 Å². The van der Waals surface area contributed by atoms with Crippen LogP contribution in [0, 0.1) is 0 Å². The maximum atomic E-state index is 4.38. The van der Waals surface area contributed by atoms with Crippen molar-refractivity contribution in [3.8, 4) is 0 Å². The van der Waals surface area contributed by atoms with Crippen molar-refractivity contribution in [1.29, 1.82) is 0 Å². The minimum Gasteiger partial charge on any atom is -0.315 e. The summed E-state index contributed by atoms with van der Waals surface area (Å²) in [6.45, 7) is 6.53. The molecule has 1 aromatic rings. The number of likely N-dealkylation sites (N-methyl/N-ethyl adjacent to an activating group) is 1. The third-order valence-electron chi connectivity index (χ3n) is 3.55. The van der Waals surface area contributed by atoms with Gasteiger partial charge in [-0.3, -0.25) is 9.58 Å². The zero-order chi connectivity index (χ0) is 12.1. The first-order valence-electron chi connectivity index (χ1n) is 6.73. The average Bonchev–Trinajstić information content (AvgIpc) is 2.78. The van der Waals surface area contributed by atoms with Crippen LogP contribution in [0.5, 0.6) is 0 Å². The minimum atomic E-state index is 0.675. The first kappa shape index (κ1) is 12.6. The highest BCUT2D eigenvalue weighted by Gasteiger charge is 2.18. The lowest BCUT2D eigenvalue weighted by molar-refractivity contribution is 0.191. The normalized spacial score (nSPS) is 21.0. The second kappa shape index (κ2) is 6.17. The van der Waals surface area contributed by atoms with Crippen molar-refractivity contribution in [2.24, 2.45) is 0 Å². The lowest BCUT2D eigenvalue weighted by atomic mass is 10.1. The van der Waals surface area contributed by atoms with Gasteiger partial charge in [0.05, 0.1) is 5.69 Å². The van der Waals surface area contributed by atoms with Crippen molar-refractivity contribution in [1.82, 2.24) is 20.0 Å². The molecule has 0 saturated carbocycles. The third kappa shape index (κ3) is 3.30. The van der Waals surface area contributed by atoms with Crippen LogP contribution in [0.4, 0.5) is 0 Å². The number of nitrogens with zero attached hydrogens (tertiary/aromatic N) is 3. The molecule has 1 fully saturated rings. The molecule has 4 heteroatoms. The minimum absolute atomic E-state index is 0.675. The highest BCUT2D eigenvalue weighted by Crippen LogP contribution is 2.12. The SMILES string of the molecule is CCCn1nccc1CN(C)C1CCCNC1. The highest BCUT2D eigenvalue weighted by molar-refractivity contribution is 5.00. The van der Waals surface area contributed by atoms with Gasteiger partial charge in [0.25, 0.3) is 0 Å². The molecule has 96 valence electrons. The summed E-state index contributed by atoms with van der Waals surface area (Å²) in [5.74, 6) is 0. The van der Waals surface area contributed by atoms with Crippen LogP contribution in [0.25, 0.3) is 0 Å². The monoisotopic (exact) mass is 236 g/mol. The molecule has 1 aliphatic rings. The number of hydrogen-bond acceptors (Lipinski definition) is 3. The van der Waals surface area contributed by atoms with Crippen molar-refractivity contribution in [3.05, 3.63) is 18.0 Å². The molecule has 0 amide bonds. The summed E-state index contributed by atoms with van der Waals surface area (Å²) >= 11 is 0. The quantitative estimate of drug-likeness (QED) is 0.840. The van der Waals surface area contributed by atoms with Crippen molar-refractivity contribution in [3.63, 3.8) is 0 Å². The standard InChI is InChI=1S/C13H24N4/c1-3-9-17-13(6-8-15-17)11-16(2)12-5-4-7-14-10-12/h6,8,12,14H,3-5,7,9-11H2,1-2H3. The molecule has 0 radical (unpaired) electrons. The Balaban J connectivity index is 1.92. The molecule has 0 bridgehead atoms. The molecule has 1 N–H and O–H groups in total. The summed E-state index contributed by atoms with van der Waals surface area (Å²) in [7, 11) is 2.22. The molecule has 4 nitrogen and oxygen atoms in total. The predicted octanol–water partition coefficient (Wildman–Crippen LogP) is 1.48. The molecule has 1 atom stereocenters. The smallest absolute Gasteiger partial charge is 0.0524 e. The van der Waals surface area contributed by atoms with Gasteiger partial charge in [0, 0.05) is 31.9 Å². The van der Waals surface area contributed by atoms with E-state index in [4.69, 9.17) is 0 Å². The molecular weight excluding hydrogens is 212 g/mol. The van der Waals surface area contributed by atoms with Gasteiger partial charge in [-0.15, -0.1) is 0 Å². The van der Waals surface area contributed by atoms with Gasteiger partial charge in [-0.2, -0.15) is 5.10 Å². The van der Waals surface area contributed by atoms with Gasteiger partial charge in [-0.1, -0.05) is 6.92 Å². The summed E-state index contributed by atoms with van der Waals surface area (Å²) in [4.78, 5) is 2.45. The molecule has 1 aliphatic heterocycles. The van der Waals surface area contributed by atoms with Crippen LogP contribution in [0.1, 0.15) is 31.9 Å². The van der Waals surface area contributed by atoms with E-state index in [0.29, 0.717) is 6.04 Å². The van der Waals surface area contributed by atoms with Gasteiger partial charge in [-0.25, -0.2) is 0 Å². The Kier molecular flexibility index (Phi) is 4.57. The van der Waals surface area contributed by atoms with Gasteiger partial charge in [0.2, 0.25) is 0 Å². The van der Waals surface area contributed by atoms with E-state index in [1.807, 2.05) is 6.20 Å². The van der Waals surface area contributed by atoms with Gasteiger partial charge in [-0.05, 0) is 38.9 Å². The zero-order valence-corrected chi connectivity index (χ0v) is 11.0. The Labute approximate surface area is 104 Å². The summed E-state index contributed by atoms with van der Waals surface area (Å²) in [6.07, 6.45) is 5.66. The van der Waals surface area contributed by atoms with Gasteiger partial charge < -0.3 is 5.32 Å². The van der Waals surface area contributed by atoms with Gasteiger partial charge in [0.1, 0.15) is 0 Å². The largest absolute Gasteiger partial charge is 0.315 e. The highest BCUT2D eigenvalue weighted by atomic mass is 15.3.